The fraction of sp³-hybridized carbons (Fsp3) is 0.435. The van der Waals surface area contributed by atoms with Crippen molar-refractivity contribution < 1.29 is 4.79 Å². The van der Waals surface area contributed by atoms with Crippen molar-refractivity contribution in [1.82, 2.24) is 9.88 Å². The summed E-state index contributed by atoms with van der Waals surface area (Å²) in [6, 6.07) is 10.7. The zero-order valence-corrected chi connectivity index (χ0v) is 17.7. The number of carbonyl (C=O) groups is 1. The zero-order valence-electron chi connectivity index (χ0n) is 16.8. The Kier molecular flexibility index (Phi) is 4.67. The number of carbonyl (C=O) groups excluding carboxylic acids is 1. The van der Waals surface area contributed by atoms with Crippen LogP contribution in [0.1, 0.15) is 36.2 Å². The van der Waals surface area contributed by atoms with Crippen molar-refractivity contribution in [3.05, 3.63) is 41.5 Å². The lowest BCUT2D eigenvalue weighted by Crippen LogP contribution is -2.44. The van der Waals surface area contributed by atoms with E-state index in [4.69, 9.17) is 0 Å². The molecule has 28 heavy (non-hydrogen) atoms. The Bertz CT molecular complexity index is 1060. The van der Waals surface area contributed by atoms with Crippen molar-refractivity contribution in [2.75, 3.05) is 38.1 Å². The summed E-state index contributed by atoms with van der Waals surface area (Å²) in [5.74, 6) is 0.293. The first kappa shape index (κ1) is 19.3. The highest BCUT2D eigenvalue weighted by Crippen LogP contribution is 2.43. The summed E-state index contributed by atoms with van der Waals surface area (Å²) in [5.41, 5.74) is 5.73. The number of hydrogen-bond donors (Lipinski definition) is 1. The summed E-state index contributed by atoms with van der Waals surface area (Å²) in [7, 11) is 2.18. The van der Waals surface area contributed by atoms with Gasteiger partial charge in [-0.25, -0.2) is 0 Å². The van der Waals surface area contributed by atoms with Crippen LogP contribution >= 0.6 is 12.4 Å². The van der Waals surface area contributed by atoms with Gasteiger partial charge in [0.1, 0.15) is 0 Å². The summed E-state index contributed by atoms with van der Waals surface area (Å²) >= 11 is 0. The lowest BCUT2D eigenvalue weighted by atomic mass is 9.72. The molecule has 2 heterocycles. The first-order valence-electron chi connectivity index (χ1n) is 9.96. The third-order valence-corrected chi connectivity index (χ3v) is 6.28. The number of rotatable bonds is 1. The van der Waals surface area contributed by atoms with Crippen LogP contribution in [-0.2, 0) is 6.42 Å². The van der Waals surface area contributed by atoms with Gasteiger partial charge in [0.15, 0.2) is 5.78 Å². The molecule has 1 saturated heterocycles. The number of nitrogens with zero attached hydrogens (tertiary/aromatic N) is 2. The fourth-order valence-corrected chi connectivity index (χ4v) is 4.92. The van der Waals surface area contributed by atoms with Gasteiger partial charge in [-0.3, -0.25) is 4.79 Å². The van der Waals surface area contributed by atoms with Gasteiger partial charge in [-0.15, -0.1) is 12.4 Å². The zero-order chi connectivity index (χ0) is 18.8. The van der Waals surface area contributed by atoms with Crippen LogP contribution in [0.25, 0.3) is 21.8 Å². The molecule has 3 aromatic rings. The number of para-hydroxylation sites is 1. The molecule has 148 valence electrons. The molecule has 0 saturated carbocycles. The normalized spacial score (nSPS) is 19.7. The van der Waals surface area contributed by atoms with Crippen LogP contribution in [0.4, 0.5) is 5.69 Å². The molecule has 0 radical (unpaired) electrons. The smallest absolute Gasteiger partial charge is 0.164 e. The van der Waals surface area contributed by atoms with E-state index in [1.807, 2.05) is 0 Å². The minimum absolute atomic E-state index is 0. The Morgan fingerprint density at radius 1 is 1.04 bits per heavy atom. The summed E-state index contributed by atoms with van der Waals surface area (Å²) < 4.78 is 0. The number of piperazine rings is 1. The van der Waals surface area contributed by atoms with Crippen LogP contribution in [0.15, 0.2) is 30.3 Å². The number of H-pyrrole nitrogens is 1. The second kappa shape index (κ2) is 6.78. The Labute approximate surface area is 172 Å². The van der Waals surface area contributed by atoms with E-state index in [0.29, 0.717) is 12.2 Å². The van der Waals surface area contributed by atoms with Gasteiger partial charge in [0.2, 0.25) is 0 Å². The van der Waals surface area contributed by atoms with Crippen LogP contribution < -0.4 is 4.90 Å². The lowest BCUT2D eigenvalue weighted by molar-refractivity contribution is 0.0914. The summed E-state index contributed by atoms with van der Waals surface area (Å²) in [4.78, 5) is 21.7. The van der Waals surface area contributed by atoms with Crippen LogP contribution in [0.3, 0.4) is 0 Å². The molecule has 0 unspecified atom stereocenters. The number of benzene rings is 2. The van der Waals surface area contributed by atoms with Gasteiger partial charge < -0.3 is 14.8 Å². The third kappa shape index (κ3) is 2.99. The van der Waals surface area contributed by atoms with Gasteiger partial charge in [0, 0.05) is 54.5 Å². The number of halogens is 1. The predicted octanol–water partition coefficient (Wildman–Crippen LogP) is 4.65. The van der Waals surface area contributed by atoms with Crippen molar-refractivity contribution in [3.8, 4) is 0 Å². The average Bonchev–Trinajstić information content (AvgIpc) is 3.00. The Balaban J connectivity index is 0.00000192. The fourth-order valence-electron chi connectivity index (χ4n) is 4.92. The molecule has 0 spiro atoms. The van der Waals surface area contributed by atoms with E-state index >= 15 is 0 Å². The molecule has 0 bridgehead atoms. The highest BCUT2D eigenvalue weighted by atomic mass is 35.5. The summed E-state index contributed by atoms with van der Waals surface area (Å²) in [5, 5.41) is 2.31. The molecular weight excluding hydrogens is 370 g/mol. The Hall–Kier alpha value is -2.04. The molecule has 4 nitrogen and oxygen atoms in total. The molecule has 5 rings (SSSR count). The van der Waals surface area contributed by atoms with Crippen molar-refractivity contribution in [2.24, 2.45) is 5.41 Å². The molecule has 1 aromatic heterocycles. The van der Waals surface area contributed by atoms with Crippen molar-refractivity contribution in [3.63, 3.8) is 0 Å². The maximum absolute atomic E-state index is 13.2. The number of nitrogens with one attached hydrogen (secondary N) is 1. The van der Waals surface area contributed by atoms with Crippen LogP contribution in [0.2, 0.25) is 0 Å². The molecule has 1 fully saturated rings. The number of hydrogen-bond acceptors (Lipinski definition) is 3. The first-order valence-corrected chi connectivity index (χ1v) is 9.96. The lowest BCUT2D eigenvalue weighted by Gasteiger charge is -2.36. The number of anilines is 1. The van der Waals surface area contributed by atoms with Crippen molar-refractivity contribution >= 4 is 45.7 Å². The van der Waals surface area contributed by atoms with Gasteiger partial charge in [-0.05, 0) is 36.6 Å². The van der Waals surface area contributed by atoms with E-state index in [9.17, 15) is 4.79 Å². The SMILES string of the molecule is CN1CCN(c2cc3c(c4c2[nH]c2ccccc24)C(=O)CC(C)(C)C3)CC1.Cl. The van der Waals surface area contributed by atoms with Crippen molar-refractivity contribution in [1.29, 1.82) is 0 Å². The molecule has 2 aliphatic rings. The van der Waals surface area contributed by atoms with E-state index < -0.39 is 0 Å². The number of fused-ring (bicyclic) bond motifs is 5. The van der Waals surface area contributed by atoms with Crippen molar-refractivity contribution in [2.45, 2.75) is 26.7 Å². The Morgan fingerprint density at radius 2 is 1.75 bits per heavy atom. The molecule has 0 atom stereocenters. The molecule has 5 heteroatoms. The van der Waals surface area contributed by atoms with Gasteiger partial charge in [-0.1, -0.05) is 32.0 Å². The van der Waals surface area contributed by atoms with E-state index in [0.717, 1.165) is 54.6 Å². The summed E-state index contributed by atoms with van der Waals surface area (Å²) in [6.45, 7) is 8.62. The minimum atomic E-state index is 0. The standard InChI is InChI=1S/C23H27N3O.ClH/c1-23(2)13-15-12-18(26-10-8-25(3)9-11-26)22-21(20(15)19(27)14-23)16-6-4-5-7-17(16)24-22;/h4-7,12,24H,8-11,13-14H2,1-3H3;1H. The quantitative estimate of drug-likeness (QED) is 0.649. The average molecular weight is 398 g/mol. The summed E-state index contributed by atoms with van der Waals surface area (Å²) in [6.07, 6.45) is 1.59. The van der Waals surface area contributed by atoms with Crippen LogP contribution in [-0.4, -0.2) is 48.9 Å². The molecule has 1 aliphatic heterocycles. The van der Waals surface area contributed by atoms with Crippen LogP contribution in [0.5, 0.6) is 0 Å². The number of aromatic nitrogens is 1. The topological polar surface area (TPSA) is 39.3 Å². The number of likely N-dealkylation sites (N-methyl/N-ethyl adjacent to an activating group) is 1. The number of aromatic amines is 1. The van der Waals surface area contributed by atoms with Gasteiger partial charge >= 0.3 is 0 Å². The molecule has 1 N–H and O–H groups in total. The van der Waals surface area contributed by atoms with Gasteiger partial charge in [0.05, 0.1) is 11.2 Å². The van der Waals surface area contributed by atoms with Crippen LogP contribution in [0, 0.1) is 5.41 Å². The first-order chi connectivity index (χ1) is 12.9. The highest BCUT2D eigenvalue weighted by molar-refractivity contribution is 6.22. The Morgan fingerprint density at radius 3 is 2.50 bits per heavy atom. The van der Waals surface area contributed by atoms with E-state index in [-0.39, 0.29) is 17.8 Å². The molecular formula is C23H28ClN3O. The van der Waals surface area contributed by atoms with E-state index in [1.54, 1.807) is 0 Å². The minimum Gasteiger partial charge on any atom is -0.367 e. The maximum atomic E-state index is 13.2. The monoisotopic (exact) mass is 397 g/mol. The van der Waals surface area contributed by atoms with Gasteiger partial charge in [-0.2, -0.15) is 0 Å². The molecule has 0 amide bonds. The molecule has 2 aromatic carbocycles. The maximum Gasteiger partial charge on any atom is 0.164 e. The van der Waals surface area contributed by atoms with E-state index in [2.05, 4.69) is 66.0 Å². The largest absolute Gasteiger partial charge is 0.367 e. The predicted molar refractivity (Wildman–Crippen MR) is 119 cm³/mol. The second-order valence-electron chi connectivity index (χ2n) is 9.08. The number of Topliss-reactive ketones (excluding diaryl/α,β-unsaturated/α-hetero) is 1. The van der Waals surface area contributed by atoms with E-state index in [1.165, 1.54) is 16.6 Å². The third-order valence-electron chi connectivity index (χ3n) is 6.28. The van der Waals surface area contributed by atoms with Gasteiger partial charge in [0.25, 0.3) is 0 Å². The molecule has 1 aliphatic carbocycles. The number of ketones is 1. The highest BCUT2D eigenvalue weighted by Gasteiger charge is 2.34. The second-order valence-corrected chi connectivity index (χ2v) is 9.08.